The van der Waals surface area contributed by atoms with Crippen LogP contribution in [0.3, 0.4) is 0 Å². The molecule has 0 fully saturated rings. The van der Waals surface area contributed by atoms with Crippen molar-refractivity contribution in [3.63, 3.8) is 0 Å². The fourth-order valence-electron chi connectivity index (χ4n) is 5.81. The zero-order valence-corrected chi connectivity index (χ0v) is 29.6. The van der Waals surface area contributed by atoms with Gasteiger partial charge in [-0.25, -0.2) is 13.6 Å². The Labute approximate surface area is 291 Å². The van der Waals surface area contributed by atoms with Gasteiger partial charge in [0.2, 0.25) is 0 Å². The Morgan fingerprint density at radius 2 is 1.36 bits per heavy atom. The van der Waals surface area contributed by atoms with Crippen molar-refractivity contribution in [3.8, 4) is 5.75 Å². The summed E-state index contributed by atoms with van der Waals surface area (Å²) in [6.07, 6.45) is 5.18. The van der Waals surface area contributed by atoms with Gasteiger partial charge < -0.3 is 23.9 Å². The van der Waals surface area contributed by atoms with E-state index in [-0.39, 0.29) is 39.9 Å². The number of hydrogen-bond donors (Lipinski definition) is 1. The Balaban J connectivity index is 0.000000226. The number of nitrogens with one attached hydrogen (secondary N) is 1. The van der Waals surface area contributed by atoms with Gasteiger partial charge in [0, 0.05) is 59.1 Å². The maximum Gasteiger partial charge on any atom is 0.407 e. The van der Waals surface area contributed by atoms with E-state index < -0.39 is 23.3 Å². The Morgan fingerprint density at radius 1 is 0.840 bits per heavy atom. The lowest BCUT2D eigenvalue weighted by molar-refractivity contribution is 0.0480. The molecule has 1 atom stereocenters. The van der Waals surface area contributed by atoms with Crippen LogP contribution >= 0.6 is 11.6 Å². The molecule has 0 spiro atoms. The van der Waals surface area contributed by atoms with Crippen LogP contribution in [-0.2, 0) is 18.8 Å². The van der Waals surface area contributed by atoms with E-state index >= 15 is 0 Å². The van der Waals surface area contributed by atoms with Gasteiger partial charge in [0.1, 0.15) is 29.6 Å². The van der Waals surface area contributed by atoms with Gasteiger partial charge >= 0.3 is 6.09 Å². The molecule has 0 unspecified atom stereocenters. The fraction of sp³-hybridized carbons (Fsp3) is 0.324. The van der Waals surface area contributed by atoms with Crippen molar-refractivity contribution in [3.05, 3.63) is 98.6 Å². The second-order valence-corrected chi connectivity index (χ2v) is 13.9. The maximum absolute atomic E-state index is 14.4. The van der Waals surface area contributed by atoms with Gasteiger partial charge in [-0.1, -0.05) is 31.5 Å². The third-order valence-electron chi connectivity index (χ3n) is 7.99. The summed E-state index contributed by atoms with van der Waals surface area (Å²) in [5, 5.41) is 5.65. The molecular formula is C37H38ClF2N5O5. The molecule has 0 aliphatic heterocycles. The highest BCUT2D eigenvalue weighted by atomic mass is 35.5. The number of amides is 1. The van der Waals surface area contributed by atoms with Crippen LogP contribution in [0.4, 0.5) is 13.6 Å². The lowest BCUT2D eigenvalue weighted by atomic mass is 10.0. The molecule has 6 rings (SSSR count). The zero-order chi connectivity index (χ0) is 36.5. The van der Waals surface area contributed by atoms with Crippen molar-refractivity contribution in [2.24, 2.45) is 20.0 Å². The Morgan fingerprint density at radius 3 is 1.88 bits per heavy atom. The van der Waals surface area contributed by atoms with Crippen LogP contribution in [0.25, 0.3) is 43.4 Å². The van der Waals surface area contributed by atoms with Crippen LogP contribution in [0.1, 0.15) is 41.0 Å². The number of aryl methyl sites for hydroxylation is 2. The first-order valence-corrected chi connectivity index (χ1v) is 16.3. The average Bonchev–Trinajstić information content (AvgIpc) is 3.04. The third-order valence-corrected chi connectivity index (χ3v) is 8.22. The summed E-state index contributed by atoms with van der Waals surface area (Å²) < 4.78 is 42.5. The largest absolute Gasteiger partial charge is 0.491 e. The van der Waals surface area contributed by atoms with E-state index in [4.69, 9.17) is 21.1 Å². The molecule has 50 heavy (non-hydrogen) atoms. The molecule has 1 amide bonds. The third kappa shape index (κ3) is 7.70. The molecule has 2 aromatic carbocycles. The van der Waals surface area contributed by atoms with E-state index in [1.807, 2.05) is 20.8 Å². The molecular weight excluding hydrogens is 668 g/mol. The zero-order valence-electron chi connectivity index (χ0n) is 28.8. The van der Waals surface area contributed by atoms with Gasteiger partial charge in [-0.05, 0) is 57.4 Å². The number of fused-ring (bicyclic) bond motifs is 6. The van der Waals surface area contributed by atoms with E-state index in [0.717, 1.165) is 12.4 Å². The van der Waals surface area contributed by atoms with E-state index in [2.05, 4.69) is 29.1 Å². The summed E-state index contributed by atoms with van der Waals surface area (Å²) in [5.74, 6) is -0.199. The van der Waals surface area contributed by atoms with Gasteiger partial charge in [0.05, 0.1) is 40.2 Å². The number of aromatic nitrogens is 4. The van der Waals surface area contributed by atoms with E-state index in [1.165, 1.54) is 21.5 Å². The molecule has 13 heteroatoms. The van der Waals surface area contributed by atoms with Crippen molar-refractivity contribution in [1.29, 1.82) is 0 Å². The van der Waals surface area contributed by atoms with Crippen molar-refractivity contribution < 1.29 is 23.0 Å². The quantitative estimate of drug-likeness (QED) is 0.179. The highest BCUT2D eigenvalue weighted by Gasteiger charge is 2.21. The predicted molar refractivity (Wildman–Crippen MR) is 192 cm³/mol. The highest BCUT2D eigenvalue weighted by molar-refractivity contribution is 6.31. The van der Waals surface area contributed by atoms with E-state index in [1.54, 1.807) is 50.5 Å². The van der Waals surface area contributed by atoms with Gasteiger partial charge in [-0.2, -0.15) is 0 Å². The smallest absolute Gasteiger partial charge is 0.407 e. The number of carbonyl (C=O) groups is 1. The Bertz CT molecular complexity index is 2370. The van der Waals surface area contributed by atoms with Crippen LogP contribution in [0.2, 0.25) is 5.02 Å². The normalized spacial score (nSPS) is 12.3. The molecule has 0 bridgehead atoms. The van der Waals surface area contributed by atoms with Crippen molar-refractivity contribution in [1.82, 2.24) is 24.4 Å². The van der Waals surface area contributed by atoms with Crippen molar-refractivity contribution >= 4 is 61.0 Å². The SMILES string of the molecule is CC(C)C[C@@H](COc1ccc2c3c(F)cncc3c(=O)n(C)c2c1)NC(=O)OC(C)(C)C.Cn1c(=O)c2cncc(F)c2c2ccc(Cl)cc21. The minimum absolute atomic E-state index is 0.225. The number of rotatable bonds is 6. The van der Waals surface area contributed by atoms with Crippen LogP contribution < -0.4 is 21.2 Å². The number of benzene rings is 2. The van der Waals surface area contributed by atoms with Crippen molar-refractivity contribution in [2.75, 3.05) is 6.61 Å². The lowest BCUT2D eigenvalue weighted by Crippen LogP contribution is -2.42. The first kappa shape index (κ1) is 36.2. The predicted octanol–water partition coefficient (Wildman–Crippen LogP) is 7.42. The Kier molecular flexibility index (Phi) is 10.4. The molecule has 0 aliphatic rings. The molecule has 0 aliphatic carbocycles. The number of alkyl carbamates (subject to hydrolysis) is 1. The van der Waals surface area contributed by atoms with Crippen LogP contribution in [-0.4, -0.2) is 43.4 Å². The molecule has 1 N–H and O–H groups in total. The molecule has 4 heterocycles. The summed E-state index contributed by atoms with van der Waals surface area (Å²) in [7, 11) is 3.26. The number of carbonyl (C=O) groups excluding carboxylic acids is 1. The number of pyridine rings is 4. The Hall–Kier alpha value is -5.10. The average molecular weight is 706 g/mol. The topological polar surface area (TPSA) is 117 Å². The summed E-state index contributed by atoms with van der Waals surface area (Å²) in [6, 6.07) is 9.94. The highest BCUT2D eigenvalue weighted by Crippen LogP contribution is 2.28. The van der Waals surface area contributed by atoms with Gasteiger partial charge in [0.25, 0.3) is 11.1 Å². The second kappa shape index (κ2) is 14.4. The minimum Gasteiger partial charge on any atom is -0.491 e. The van der Waals surface area contributed by atoms with Gasteiger partial charge in [-0.3, -0.25) is 19.6 Å². The van der Waals surface area contributed by atoms with E-state index in [0.29, 0.717) is 50.3 Å². The van der Waals surface area contributed by atoms with Crippen molar-refractivity contribution in [2.45, 2.75) is 52.7 Å². The fourth-order valence-corrected chi connectivity index (χ4v) is 5.98. The standard InChI is InChI=1S/C24H30FN3O4.C13H8ClFN2O/c1-14(2)9-15(27-23(30)32-24(3,4)5)13-31-16-7-8-17-20(10-16)28(6)22(29)18-11-26-12-19(25)21(17)18;1-17-11-4-7(14)2-3-8(11)12-9(13(17)18)5-16-6-10(12)15/h7-8,10-12,14-15H,9,13H2,1-6H3,(H,27,30);2-6H,1H3/t15-;/m0./s1. The van der Waals surface area contributed by atoms with Crippen LogP contribution in [0.5, 0.6) is 5.75 Å². The molecule has 10 nitrogen and oxygen atoms in total. The maximum atomic E-state index is 14.4. The minimum atomic E-state index is -0.593. The lowest BCUT2D eigenvalue weighted by Gasteiger charge is -2.25. The molecule has 262 valence electrons. The molecule has 4 aromatic heterocycles. The van der Waals surface area contributed by atoms with Crippen LogP contribution in [0.15, 0.2) is 70.8 Å². The number of halogens is 3. The number of nitrogens with zero attached hydrogens (tertiary/aromatic N) is 4. The molecule has 0 radical (unpaired) electrons. The molecule has 0 saturated carbocycles. The summed E-state index contributed by atoms with van der Waals surface area (Å²) in [4.78, 5) is 44.5. The molecule has 6 aromatic rings. The van der Waals surface area contributed by atoms with Gasteiger partial charge in [0.15, 0.2) is 0 Å². The second-order valence-electron chi connectivity index (χ2n) is 13.4. The van der Waals surface area contributed by atoms with E-state index in [9.17, 15) is 23.2 Å². The summed E-state index contributed by atoms with van der Waals surface area (Å²) >= 11 is 5.91. The van der Waals surface area contributed by atoms with Gasteiger partial charge in [-0.15, -0.1) is 0 Å². The summed E-state index contributed by atoms with van der Waals surface area (Å²) in [6.45, 7) is 9.77. The number of hydrogen-bond acceptors (Lipinski definition) is 7. The first-order chi connectivity index (χ1) is 23.6. The summed E-state index contributed by atoms with van der Waals surface area (Å²) in [5.41, 5.74) is -0.0623. The van der Waals surface area contributed by atoms with Crippen LogP contribution in [0, 0.1) is 17.6 Å². The number of ether oxygens (including phenoxy) is 2. The first-order valence-electron chi connectivity index (χ1n) is 16.0. The molecule has 0 saturated heterocycles. The monoisotopic (exact) mass is 705 g/mol.